The van der Waals surface area contributed by atoms with Gasteiger partial charge in [0.15, 0.2) is 5.78 Å². The lowest BCUT2D eigenvalue weighted by atomic mass is 9.98. The Balaban J connectivity index is 2.35. The van der Waals surface area contributed by atoms with Crippen LogP contribution in [0.1, 0.15) is 15.9 Å². The van der Waals surface area contributed by atoms with Crippen molar-refractivity contribution in [3.8, 4) is 0 Å². The number of hydrogen-bond donors (Lipinski definition) is 0. The van der Waals surface area contributed by atoms with E-state index in [0.29, 0.717) is 21.2 Å². The third-order valence-electron chi connectivity index (χ3n) is 2.57. The summed E-state index contributed by atoms with van der Waals surface area (Å²) in [5.74, 6) is -0.192. The van der Waals surface area contributed by atoms with Crippen LogP contribution in [0.5, 0.6) is 0 Å². The van der Waals surface area contributed by atoms with E-state index in [4.69, 9.17) is 23.2 Å². The Morgan fingerprint density at radius 1 is 1.00 bits per heavy atom. The Labute approximate surface area is 116 Å². The summed E-state index contributed by atoms with van der Waals surface area (Å²) in [5, 5.41) is 0.839. The molecule has 0 aliphatic rings. The molecule has 0 saturated heterocycles. The second-order valence-corrected chi connectivity index (χ2v) is 4.64. The molecule has 18 heavy (non-hydrogen) atoms. The highest BCUT2D eigenvalue weighted by atomic mass is 35.5. The molecule has 2 rings (SSSR count). The lowest BCUT2D eigenvalue weighted by Gasteiger charge is -2.07. The van der Waals surface area contributed by atoms with Gasteiger partial charge in [-0.05, 0) is 23.8 Å². The highest BCUT2D eigenvalue weighted by Crippen LogP contribution is 2.25. The first-order valence-corrected chi connectivity index (χ1v) is 6.09. The Morgan fingerprint density at radius 3 is 2.28 bits per heavy atom. The van der Waals surface area contributed by atoms with Crippen molar-refractivity contribution >= 4 is 34.6 Å². The van der Waals surface area contributed by atoms with Gasteiger partial charge in [-0.25, -0.2) is 0 Å². The molecule has 3 heteroatoms. The number of carbonyl (C=O) groups is 1. The molecule has 0 radical (unpaired) electrons. The summed E-state index contributed by atoms with van der Waals surface area (Å²) in [6.07, 6.45) is 0. The van der Waals surface area contributed by atoms with Gasteiger partial charge in [0.05, 0.1) is 5.02 Å². The van der Waals surface area contributed by atoms with Crippen LogP contribution in [0, 0.1) is 0 Å². The minimum atomic E-state index is -0.192. The molecule has 0 spiro atoms. The second kappa shape index (κ2) is 5.38. The fourth-order valence-corrected chi connectivity index (χ4v) is 2.10. The molecule has 0 amide bonds. The summed E-state index contributed by atoms with van der Waals surface area (Å²) in [6, 6.07) is 14.1. The summed E-state index contributed by atoms with van der Waals surface area (Å²) in [6.45, 7) is 3.82. The molecule has 2 aromatic rings. The van der Waals surface area contributed by atoms with Crippen molar-refractivity contribution in [2.45, 2.75) is 0 Å². The van der Waals surface area contributed by atoms with E-state index < -0.39 is 0 Å². The molecule has 0 aliphatic heterocycles. The Morgan fingerprint density at radius 2 is 1.67 bits per heavy atom. The Hall–Kier alpha value is -1.57. The smallest absolute Gasteiger partial charge is 0.194 e. The van der Waals surface area contributed by atoms with Gasteiger partial charge in [-0.3, -0.25) is 4.79 Å². The van der Waals surface area contributed by atoms with E-state index in [1.807, 2.05) is 30.3 Å². The molecule has 0 bridgehead atoms. The maximum absolute atomic E-state index is 12.3. The van der Waals surface area contributed by atoms with Crippen LogP contribution in [-0.4, -0.2) is 5.78 Å². The lowest BCUT2D eigenvalue weighted by Crippen LogP contribution is -2.02. The molecule has 0 fully saturated rings. The highest BCUT2D eigenvalue weighted by molar-refractivity contribution is 6.40. The topological polar surface area (TPSA) is 17.1 Å². The van der Waals surface area contributed by atoms with E-state index in [1.165, 1.54) is 0 Å². The quantitative estimate of drug-likeness (QED) is 0.576. The zero-order valence-electron chi connectivity index (χ0n) is 9.49. The Kier molecular flexibility index (Phi) is 3.85. The van der Waals surface area contributed by atoms with Gasteiger partial charge in [0.25, 0.3) is 0 Å². The number of allylic oxidation sites excluding steroid dienone is 1. The zero-order chi connectivity index (χ0) is 13.1. The number of carbonyl (C=O) groups excluding carboxylic acids is 1. The van der Waals surface area contributed by atoms with Gasteiger partial charge < -0.3 is 0 Å². The lowest BCUT2D eigenvalue weighted by molar-refractivity contribution is 0.105. The van der Waals surface area contributed by atoms with Crippen LogP contribution >= 0.6 is 23.2 Å². The van der Waals surface area contributed by atoms with E-state index in [2.05, 4.69) is 6.58 Å². The van der Waals surface area contributed by atoms with Crippen molar-refractivity contribution in [2.24, 2.45) is 0 Å². The molecular formula is C15H10Cl2O. The third-order valence-corrected chi connectivity index (χ3v) is 3.12. The van der Waals surface area contributed by atoms with Gasteiger partial charge in [0.2, 0.25) is 0 Å². The van der Waals surface area contributed by atoms with Crippen molar-refractivity contribution < 1.29 is 4.79 Å². The number of benzene rings is 2. The summed E-state index contributed by atoms with van der Waals surface area (Å²) in [5.41, 5.74) is 1.61. The summed E-state index contributed by atoms with van der Waals surface area (Å²) >= 11 is 11.8. The maximum Gasteiger partial charge on any atom is 0.194 e. The predicted octanol–water partition coefficient (Wildman–Crippen LogP) is 4.89. The van der Waals surface area contributed by atoms with Crippen LogP contribution in [-0.2, 0) is 0 Å². The maximum atomic E-state index is 12.3. The van der Waals surface area contributed by atoms with Gasteiger partial charge in [0.1, 0.15) is 0 Å². The van der Waals surface area contributed by atoms with Gasteiger partial charge in [-0.15, -0.1) is 0 Å². The van der Waals surface area contributed by atoms with Gasteiger partial charge in [-0.1, -0.05) is 60.1 Å². The first-order valence-electron chi connectivity index (χ1n) is 5.33. The first-order chi connectivity index (χ1) is 8.59. The van der Waals surface area contributed by atoms with E-state index in [1.54, 1.807) is 18.2 Å². The summed E-state index contributed by atoms with van der Waals surface area (Å²) < 4.78 is 0. The van der Waals surface area contributed by atoms with Crippen LogP contribution in [0.25, 0.3) is 5.57 Å². The molecule has 0 saturated carbocycles. The van der Waals surface area contributed by atoms with Crippen molar-refractivity contribution in [3.05, 3.63) is 76.3 Å². The summed E-state index contributed by atoms with van der Waals surface area (Å²) in [4.78, 5) is 12.3. The average molecular weight is 277 g/mol. The number of halogens is 2. The van der Waals surface area contributed by atoms with Gasteiger partial charge in [-0.2, -0.15) is 0 Å². The molecule has 0 aromatic heterocycles. The molecular weight excluding hydrogens is 267 g/mol. The van der Waals surface area contributed by atoms with E-state index in [0.717, 1.165) is 5.56 Å². The van der Waals surface area contributed by atoms with Crippen LogP contribution < -0.4 is 0 Å². The average Bonchev–Trinajstić information content (AvgIpc) is 2.38. The van der Waals surface area contributed by atoms with Crippen LogP contribution in [0.2, 0.25) is 10.0 Å². The van der Waals surface area contributed by atoms with Crippen LogP contribution in [0.4, 0.5) is 0 Å². The van der Waals surface area contributed by atoms with Crippen LogP contribution in [0.15, 0.2) is 55.1 Å². The largest absolute Gasteiger partial charge is 0.289 e. The number of Topliss-reactive ketones (excluding diaryl/α,β-unsaturated/α-hetero) is 1. The molecule has 0 unspecified atom stereocenters. The number of rotatable bonds is 3. The van der Waals surface area contributed by atoms with Crippen molar-refractivity contribution in [2.75, 3.05) is 0 Å². The standard InChI is InChI=1S/C15H10Cl2O/c1-10(11-5-3-2-4-6-11)15(18)13-8-7-12(16)9-14(13)17/h2-9H,1H2. The second-order valence-electron chi connectivity index (χ2n) is 3.80. The normalized spacial score (nSPS) is 10.1. The molecule has 2 aromatic carbocycles. The van der Waals surface area contributed by atoms with Gasteiger partial charge >= 0.3 is 0 Å². The molecule has 1 nitrogen and oxygen atoms in total. The van der Waals surface area contributed by atoms with Crippen molar-refractivity contribution in [1.29, 1.82) is 0 Å². The van der Waals surface area contributed by atoms with E-state index >= 15 is 0 Å². The molecule has 0 atom stereocenters. The fraction of sp³-hybridized carbons (Fsp3) is 0. The molecule has 0 aliphatic carbocycles. The molecule has 90 valence electrons. The number of hydrogen-bond acceptors (Lipinski definition) is 1. The SMILES string of the molecule is C=C(C(=O)c1ccc(Cl)cc1Cl)c1ccccc1. The van der Waals surface area contributed by atoms with Crippen LogP contribution in [0.3, 0.4) is 0 Å². The molecule has 0 N–H and O–H groups in total. The van der Waals surface area contributed by atoms with Crippen molar-refractivity contribution in [3.63, 3.8) is 0 Å². The van der Waals surface area contributed by atoms with Gasteiger partial charge in [0, 0.05) is 16.2 Å². The fourth-order valence-electron chi connectivity index (χ4n) is 1.61. The monoisotopic (exact) mass is 276 g/mol. The highest BCUT2D eigenvalue weighted by Gasteiger charge is 2.15. The minimum absolute atomic E-state index is 0.192. The minimum Gasteiger partial charge on any atom is -0.289 e. The van der Waals surface area contributed by atoms with E-state index in [9.17, 15) is 4.79 Å². The zero-order valence-corrected chi connectivity index (χ0v) is 11.0. The predicted molar refractivity (Wildman–Crippen MR) is 76.3 cm³/mol. The third kappa shape index (κ3) is 2.63. The first kappa shape index (κ1) is 12.9. The molecule has 0 heterocycles. The summed E-state index contributed by atoms with van der Waals surface area (Å²) in [7, 11) is 0. The van der Waals surface area contributed by atoms with E-state index in [-0.39, 0.29) is 5.78 Å². The number of ketones is 1. The Bertz CT molecular complexity index is 603. The van der Waals surface area contributed by atoms with Crippen molar-refractivity contribution in [1.82, 2.24) is 0 Å².